The van der Waals surface area contributed by atoms with Crippen LogP contribution >= 0.6 is 0 Å². The molecule has 0 radical (unpaired) electrons. The molecular weight excluding hydrogens is 318 g/mol. The standard InChI is InChI=1S/C17H21N7O/c1-12-3-4-15-19-20-17(24(15)21-12)14-5-7-23(8-6-14)11-13-9-16(25)22(2)18-10-13/h3-4,9-10,14H,5-8,11H2,1-2H3. The van der Waals surface area contributed by atoms with Gasteiger partial charge in [-0.15, -0.1) is 10.2 Å². The van der Waals surface area contributed by atoms with Gasteiger partial charge in [-0.2, -0.15) is 14.7 Å². The number of rotatable bonds is 3. The second-order valence-electron chi connectivity index (χ2n) is 6.68. The lowest BCUT2D eigenvalue weighted by molar-refractivity contribution is 0.200. The molecule has 0 amide bonds. The van der Waals surface area contributed by atoms with Crippen LogP contribution in [0, 0.1) is 6.92 Å². The van der Waals surface area contributed by atoms with Gasteiger partial charge in [0.1, 0.15) is 0 Å². The third kappa shape index (κ3) is 3.17. The summed E-state index contributed by atoms with van der Waals surface area (Å²) in [4.78, 5) is 14.1. The maximum Gasteiger partial charge on any atom is 0.266 e. The molecule has 3 aromatic heterocycles. The average Bonchev–Trinajstić information content (AvgIpc) is 3.02. The molecule has 130 valence electrons. The molecule has 4 rings (SSSR count). The summed E-state index contributed by atoms with van der Waals surface area (Å²) in [6.07, 6.45) is 3.79. The van der Waals surface area contributed by atoms with Gasteiger partial charge in [0.05, 0.1) is 11.9 Å². The number of aromatic nitrogens is 6. The first-order valence-corrected chi connectivity index (χ1v) is 8.54. The Labute approximate surface area is 145 Å². The maximum absolute atomic E-state index is 11.7. The zero-order valence-electron chi connectivity index (χ0n) is 14.5. The second-order valence-corrected chi connectivity index (χ2v) is 6.68. The van der Waals surface area contributed by atoms with Gasteiger partial charge in [0.15, 0.2) is 11.5 Å². The van der Waals surface area contributed by atoms with Crippen molar-refractivity contribution in [3.63, 3.8) is 0 Å². The van der Waals surface area contributed by atoms with Crippen molar-refractivity contribution in [2.24, 2.45) is 7.05 Å². The van der Waals surface area contributed by atoms with Crippen LogP contribution in [0.15, 0.2) is 29.2 Å². The van der Waals surface area contributed by atoms with Crippen LogP contribution < -0.4 is 5.56 Å². The Morgan fingerprint density at radius 2 is 2.00 bits per heavy atom. The van der Waals surface area contributed by atoms with Gasteiger partial charge in [-0.25, -0.2) is 4.68 Å². The van der Waals surface area contributed by atoms with Crippen molar-refractivity contribution in [2.75, 3.05) is 13.1 Å². The lowest BCUT2D eigenvalue weighted by Gasteiger charge is -2.30. The molecule has 25 heavy (non-hydrogen) atoms. The summed E-state index contributed by atoms with van der Waals surface area (Å²) in [5.74, 6) is 1.32. The lowest BCUT2D eigenvalue weighted by Crippen LogP contribution is -2.33. The topological polar surface area (TPSA) is 81.2 Å². The van der Waals surface area contributed by atoms with E-state index in [1.807, 2.05) is 23.6 Å². The summed E-state index contributed by atoms with van der Waals surface area (Å²) in [7, 11) is 1.66. The minimum atomic E-state index is -0.0660. The Morgan fingerprint density at radius 3 is 2.76 bits per heavy atom. The highest BCUT2D eigenvalue weighted by molar-refractivity contribution is 5.36. The molecule has 0 atom stereocenters. The Bertz CT molecular complexity index is 953. The zero-order valence-corrected chi connectivity index (χ0v) is 14.5. The van der Waals surface area contributed by atoms with Crippen molar-refractivity contribution < 1.29 is 0 Å². The first-order valence-electron chi connectivity index (χ1n) is 8.54. The van der Waals surface area contributed by atoms with Gasteiger partial charge in [0, 0.05) is 25.6 Å². The zero-order chi connectivity index (χ0) is 17.4. The largest absolute Gasteiger partial charge is 0.299 e. The number of hydrogen-bond donors (Lipinski definition) is 0. The molecule has 8 nitrogen and oxygen atoms in total. The predicted molar refractivity (Wildman–Crippen MR) is 92.2 cm³/mol. The summed E-state index contributed by atoms with van der Waals surface area (Å²) in [6, 6.07) is 5.57. The molecule has 4 heterocycles. The third-order valence-electron chi connectivity index (χ3n) is 4.80. The van der Waals surface area contributed by atoms with E-state index in [1.54, 1.807) is 19.3 Å². The monoisotopic (exact) mass is 339 g/mol. The Balaban J connectivity index is 1.44. The summed E-state index contributed by atoms with van der Waals surface area (Å²) >= 11 is 0. The fourth-order valence-corrected chi connectivity index (χ4v) is 3.35. The van der Waals surface area contributed by atoms with E-state index < -0.39 is 0 Å². The van der Waals surface area contributed by atoms with Gasteiger partial charge in [0.25, 0.3) is 5.56 Å². The van der Waals surface area contributed by atoms with E-state index in [0.29, 0.717) is 5.92 Å². The van der Waals surface area contributed by atoms with Gasteiger partial charge in [0.2, 0.25) is 0 Å². The van der Waals surface area contributed by atoms with Crippen LogP contribution in [0.5, 0.6) is 0 Å². The molecule has 0 unspecified atom stereocenters. The molecule has 0 aromatic carbocycles. The highest BCUT2D eigenvalue weighted by Crippen LogP contribution is 2.27. The predicted octanol–water partition coefficient (Wildman–Crippen LogP) is 0.906. The van der Waals surface area contributed by atoms with Gasteiger partial charge in [-0.1, -0.05) is 0 Å². The first kappa shape index (κ1) is 15.9. The van der Waals surface area contributed by atoms with Crippen molar-refractivity contribution in [3.8, 4) is 0 Å². The van der Waals surface area contributed by atoms with Crippen LogP contribution in [0.4, 0.5) is 0 Å². The fraction of sp³-hybridized carbons (Fsp3) is 0.471. The SMILES string of the molecule is Cc1ccc2nnc(C3CCN(Cc4cnn(C)c(=O)c4)CC3)n2n1. The number of likely N-dealkylation sites (tertiary alicyclic amines) is 1. The van der Waals surface area contributed by atoms with Crippen LogP contribution in [0.2, 0.25) is 0 Å². The van der Waals surface area contributed by atoms with Gasteiger partial charge in [-0.3, -0.25) is 9.69 Å². The molecular formula is C17H21N7O. The van der Waals surface area contributed by atoms with Crippen molar-refractivity contribution >= 4 is 5.65 Å². The van der Waals surface area contributed by atoms with Crippen molar-refractivity contribution in [3.05, 3.63) is 51.8 Å². The molecule has 0 N–H and O–H groups in total. The fourth-order valence-electron chi connectivity index (χ4n) is 3.35. The van der Waals surface area contributed by atoms with E-state index in [1.165, 1.54) is 4.68 Å². The van der Waals surface area contributed by atoms with Gasteiger partial charge in [-0.05, 0) is 50.6 Å². The Hall–Kier alpha value is -2.61. The summed E-state index contributed by atoms with van der Waals surface area (Å²) in [5, 5.41) is 17.2. The van der Waals surface area contributed by atoms with E-state index in [-0.39, 0.29) is 5.56 Å². The van der Waals surface area contributed by atoms with Crippen LogP contribution in [0.1, 0.15) is 35.8 Å². The van der Waals surface area contributed by atoms with Crippen molar-refractivity contribution in [1.29, 1.82) is 0 Å². The normalized spacial score (nSPS) is 16.6. The molecule has 3 aromatic rings. The van der Waals surface area contributed by atoms with Crippen molar-refractivity contribution in [1.82, 2.24) is 34.5 Å². The summed E-state index contributed by atoms with van der Waals surface area (Å²) < 4.78 is 3.22. The average molecular weight is 339 g/mol. The quantitative estimate of drug-likeness (QED) is 0.705. The van der Waals surface area contributed by atoms with Crippen molar-refractivity contribution in [2.45, 2.75) is 32.2 Å². The minimum Gasteiger partial charge on any atom is -0.299 e. The second kappa shape index (κ2) is 6.36. The lowest BCUT2D eigenvalue weighted by atomic mass is 9.96. The van der Waals surface area contributed by atoms with E-state index in [0.717, 1.165) is 55.2 Å². The van der Waals surface area contributed by atoms with E-state index in [9.17, 15) is 4.79 Å². The van der Waals surface area contributed by atoms with E-state index in [2.05, 4.69) is 25.3 Å². The summed E-state index contributed by atoms with van der Waals surface area (Å²) in [5.41, 5.74) is 2.66. The molecule has 0 aliphatic carbocycles. The Kier molecular flexibility index (Phi) is 4.04. The number of nitrogens with zero attached hydrogens (tertiary/aromatic N) is 7. The van der Waals surface area contributed by atoms with Gasteiger partial charge >= 0.3 is 0 Å². The van der Waals surface area contributed by atoms with Crippen LogP contribution in [-0.4, -0.2) is 47.6 Å². The van der Waals surface area contributed by atoms with E-state index >= 15 is 0 Å². The molecule has 1 aliphatic heterocycles. The minimum absolute atomic E-state index is 0.0660. The third-order valence-corrected chi connectivity index (χ3v) is 4.80. The van der Waals surface area contributed by atoms with Gasteiger partial charge < -0.3 is 0 Å². The molecule has 1 saturated heterocycles. The van der Waals surface area contributed by atoms with Crippen LogP contribution in [0.3, 0.4) is 0 Å². The smallest absolute Gasteiger partial charge is 0.266 e. The number of piperidine rings is 1. The summed E-state index contributed by atoms with van der Waals surface area (Å²) in [6.45, 7) is 4.65. The molecule has 0 saturated carbocycles. The van der Waals surface area contributed by atoms with Crippen LogP contribution in [0.25, 0.3) is 5.65 Å². The van der Waals surface area contributed by atoms with Crippen LogP contribution in [-0.2, 0) is 13.6 Å². The number of hydrogen-bond acceptors (Lipinski definition) is 6. The maximum atomic E-state index is 11.7. The number of aryl methyl sites for hydroxylation is 2. The molecule has 0 spiro atoms. The molecule has 8 heteroatoms. The Morgan fingerprint density at radius 1 is 1.20 bits per heavy atom. The molecule has 0 bridgehead atoms. The first-order chi connectivity index (χ1) is 12.1. The molecule has 1 aliphatic rings. The highest BCUT2D eigenvalue weighted by Gasteiger charge is 2.25. The molecule has 1 fully saturated rings. The highest BCUT2D eigenvalue weighted by atomic mass is 16.1. The van der Waals surface area contributed by atoms with E-state index in [4.69, 9.17) is 0 Å². The number of fused-ring (bicyclic) bond motifs is 1.